The van der Waals surface area contributed by atoms with Crippen LogP contribution in [0.1, 0.15) is 25.0 Å². The minimum atomic E-state index is -0.672. The highest BCUT2D eigenvalue weighted by Gasteiger charge is 2.23. The monoisotopic (exact) mass is 404 g/mol. The van der Waals surface area contributed by atoms with E-state index in [1.807, 2.05) is 74.5 Å². The largest absolute Gasteiger partial charge is 0.460 e. The summed E-state index contributed by atoms with van der Waals surface area (Å²) >= 11 is 0. The van der Waals surface area contributed by atoms with Gasteiger partial charge in [-0.25, -0.2) is 4.39 Å². The first-order chi connectivity index (χ1) is 14.5. The van der Waals surface area contributed by atoms with Crippen LogP contribution >= 0.6 is 0 Å². The average molecular weight is 404 g/mol. The van der Waals surface area contributed by atoms with Crippen LogP contribution in [0.25, 0.3) is 5.83 Å². The van der Waals surface area contributed by atoms with Gasteiger partial charge in [-0.15, -0.1) is 0 Å². The molecule has 0 saturated heterocycles. The number of rotatable bonds is 8. The Hall–Kier alpha value is -3.40. The lowest BCUT2D eigenvalue weighted by atomic mass is 9.94. The number of carbonyl (C=O) groups is 1. The van der Waals surface area contributed by atoms with Gasteiger partial charge in [0.15, 0.2) is 0 Å². The van der Waals surface area contributed by atoms with Crippen molar-refractivity contribution in [3.05, 3.63) is 102 Å². The topological polar surface area (TPSA) is 35.5 Å². The molecule has 0 aliphatic carbocycles. The van der Waals surface area contributed by atoms with Crippen LogP contribution in [0, 0.1) is 11.8 Å². The predicted molar refractivity (Wildman–Crippen MR) is 117 cm³/mol. The lowest BCUT2D eigenvalue weighted by Crippen LogP contribution is -2.21. The SMILES string of the molecule is CC(C)C(C=C(F)c1ccccc1)C(=O)OCc1cccc(Oc2ccccc2)c1. The predicted octanol–water partition coefficient (Wildman–Crippen LogP) is 6.80. The molecule has 0 saturated carbocycles. The smallest absolute Gasteiger partial charge is 0.313 e. The second kappa shape index (κ2) is 10.4. The minimum Gasteiger partial charge on any atom is -0.460 e. The molecule has 0 aliphatic rings. The summed E-state index contributed by atoms with van der Waals surface area (Å²) in [5.74, 6) is -0.262. The Labute approximate surface area is 176 Å². The first-order valence-electron chi connectivity index (χ1n) is 9.94. The van der Waals surface area contributed by atoms with E-state index in [2.05, 4.69) is 0 Å². The lowest BCUT2D eigenvalue weighted by Gasteiger charge is -2.17. The van der Waals surface area contributed by atoms with Gasteiger partial charge in [-0.2, -0.15) is 0 Å². The van der Waals surface area contributed by atoms with Crippen molar-refractivity contribution in [2.75, 3.05) is 0 Å². The number of hydrogen-bond donors (Lipinski definition) is 0. The molecule has 3 nitrogen and oxygen atoms in total. The molecule has 1 unspecified atom stereocenters. The Morgan fingerprint density at radius 1 is 0.900 bits per heavy atom. The van der Waals surface area contributed by atoms with E-state index in [4.69, 9.17) is 9.47 Å². The molecule has 3 aromatic rings. The van der Waals surface area contributed by atoms with E-state index in [1.165, 1.54) is 6.08 Å². The van der Waals surface area contributed by atoms with Crippen molar-refractivity contribution in [3.63, 3.8) is 0 Å². The number of halogens is 1. The summed E-state index contributed by atoms with van der Waals surface area (Å²) in [6.07, 6.45) is 1.34. The third-order valence-corrected chi connectivity index (χ3v) is 4.62. The molecule has 154 valence electrons. The van der Waals surface area contributed by atoms with E-state index in [-0.39, 0.29) is 12.5 Å². The van der Waals surface area contributed by atoms with Crippen LogP contribution in [0.5, 0.6) is 11.5 Å². The van der Waals surface area contributed by atoms with E-state index in [1.54, 1.807) is 24.3 Å². The lowest BCUT2D eigenvalue weighted by molar-refractivity contribution is -0.149. The van der Waals surface area contributed by atoms with Crippen LogP contribution < -0.4 is 4.74 Å². The number of ether oxygens (including phenoxy) is 2. The Bertz CT molecular complexity index is 981. The van der Waals surface area contributed by atoms with E-state index in [0.29, 0.717) is 11.3 Å². The van der Waals surface area contributed by atoms with Gasteiger partial charge in [0.1, 0.15) is 23.9 Å². The summed E-state index contributed by atoms with van der Waals surface area (Å²) in [7, 11) is 0. The van der Waals surface area contributed by atoms with E-state index >= 15 is 0 Å². The zero-order valence-corrected chi connectivity index (χ0v) is 17.1. The van der Waals surface area contributed by atoms with Crippen molar-refractivity contribution < 1.29 is 18.7 Å². The summed E-state index contributed by atoms with van der Waals surface area (Å²) in [5, 5.41) is 0. The van der Waals surface area contributed by atoms with Gasteiger partial charge in [-0.05, 0) is 41.8 Å². The van der Waals surface area contributed by atoms with Gasteiger partial charge < -0.3 is 9.47 Å². The second-order valence-electron chi connectivity index (χ2n) is 7.32. The molecule has 0 fully saturated rings. The minimum absolute atomic E-state index is 0.0921. The quantitative estimate of drug-likeness (QED) is 0.387. The van der Waals surface area contributed by atoms with Gasteiger partial charge in [0.05, 0.1) is 5.92 Å². The summed E-state index contributed by atoms with van der Waals surface area (Å²) < 4.78 is 25.9. The number of benzene rings is 3. The highest BCUT2D eigenvalue weighted by molar-refractivity contribution is 5.77. The molecule has 0 heterocycles. The molecular weight excluding hydrogens is 379 g/mol. The molecule has 0 bridgehead atoms. The van der Waals surface area contributed by atoms with Gasteiger partial charge in [0, 0.05) is 5.56 Å². The number of esters is 1. The van der Waals surface area contributed by atoms with E-state index < -0.39 is 17.7 Å². The maximum atomic E-state index is 14.6. The Balaban J connectivity index is 1.65. The number of para-hydroxylation sites is 1. The maximum absolute atomic E-state index is 14.6. The first-order valence-corrected chi connectivity index (χ1v) is 9.94. The fraction of sp³-hybridized carbons (Fsp3) is 0.192. The van der Waals surface area contributed by atoms with Gasteiger partial charge in [0.2, 0.25) is 0 Å². The van der Waals surface area contributed by atoms with Crippen molar-refractivity contribution in [3.8, 4) is 11.5 Å². The normalized spacial score (nSPS) is 12.5. The molecule has 0 aromatic heterocycles. The summed E-state index contributed by atoms with van der Waals surface area (Å²) in [6.45, 7) is 3.83. The molecule has 0 spiro atoms. The second-order valence-corrected chi connectivity index (χ2v) is 7.32. The summed E-state index contributed by atoms with van der Waals surface area (Å²) in [6, 6.07) is 25.5. The van der Waals surface area contributed by atoms with Crippen molar-refractivity contribution in [2.45, 2.75) is 20.5 Å². The highest BCUT2D eigenvalue weighted by atomic mass is 19.1. The zero-order valence-electron chi connectivity index (χ0n) is 17.1. The van der Waals surface area contributed by atoms with Crippen LogP contribution in [0.15, 0.2) is 91.0 Å². The Morgan fingerprint density at radius 3 is 2.20 bits per heavy atom. The van der Waals surface area contributed by atoms with Crippen molar-refractivity contribution in [2.24, 2.45) is 11.8 Å². The molecule has 30 heavy (non-hydrogen) atoms. The molecule has 3 aromatic carbocycles. The molecule has 4 heteroatoms. The molecule has 1 atom stereocenters. The third-order valence-electron chi connectivity index (χ3n) is 4.62. The van der Waals surface area contributed by atoms with Crippen molar-refractivity contribution in [1.29, 1.82) is 0 Å². The first kappa shape index (κ1) is 21.3. The van der Waals surface area contributed by atoms with Gasteiger partial charge >= 0.3 is 5.97 Å². The van der Waals surface area contributed by atoms with Crippen molar-refractivity contribution in [1.82, 2.24) is 0 Å². The van der Waals surface area contributed by atoms with Crippen LogP contribution in [-0.2, 0) is 16.1 Å². The molecule has 0 aliphatic heterocycles. The third kappa shape index (κ3) is 6.05. The summed E-state index contributed by atoms with van der Waals surface area (Å²) in [4.78, 5) is 12.6. The Kier molecular flexibility index (Phi) is 7.39. The molecule has 0 radical (unpaired) electrons. The van der Waals surface area contributed by atoms with E-state index in [9.17, 15) is 9.18 Å². The van der Waals surface area contributed by atoms with E-state index in [0.717, 1.165) is 11.3 Å². The zero-order chi connectivity index (χ0) is 21.3. The molecule has 3 rings (SSSR count). The fourth-order valence-corrected chi connectivity index (χ4v) is 2.96. The highest BCUT2D eigenvalue weighted by Crippen LogP contribution is 2.25. The standard InChI is InChI=1S/C26H25FO3/c1-19(2)24(17-25(27)21-11-5-3-6-12-21)26(28)29-18-20-10-9-15-23(16-20)30-22-13-7-4-8-14-22/h3-17,19,24H,18H2,1-2H3. The molecular formula is C26H25FO3. The Morgan fingerprint density at radius 2 is 1.53 bits per heavy atom. The molecule has 0 amide bonds. The summed E-state index contributed by atoms with van der Waals surface area (Å²) in [5.41, 5.74) is 1.24. The van der Waals surface area contributed by atoms with Crippen molar-refractivity contribution >= 4 is 11.8 Å². The molecule has 0 N–H and O–H groups in total. The van der Waals surface area contributed by atoms with Gasteiger partial charge in [-0.1, -0.05) is 74.5 Å². The number of hydrogen-bond acceptors (Lipinski definition) is 3. The van der Waals surface area contributed by atoms with Crippen LogP contribution in [0.3, 0.4) is 0 Å². The van der Waals surface area contributed by atoms with Gasteiger partial charge in [-0.3, -0.25) is 4.79 Å². The van der Waals surface area contributed by atoms with Crippen LogP contribution in [-0.4, -0.2) is 5.97 Å². The van der Waals surface area contributed by atoms with Gasteiger partial charge in [0.25, 0.3) is 0 Å². The fourth-order valence-electron chi connectivity index (χ4n) is 2.96. The van der Waals surface area contributed by atoms with Crippen LogP contribution in [0.4, 0.5) is 4.39 Å². The van der Waals surface area contributed by atoms with Crippen LogP contribution in [0.2, 0.25) is 0 Å². The number of carbonyl (C=O) groups excluding carboxylic acids is 1. The maximum Gasteiger partial charge on any atom is 0.313 e. The average Bonchev–Trinajstić information content (AvgIpc) is 2.77.